The summed E-state index contributed by atoms with van der Waals surface area (Å²) in [5.41, 5.74) is 1.28. The fourth-order valence-corrected chi connectivity index (χ4v) is 3.78. The summed E-state index contributed by atoms with van der Waals surface area (Å²) in [6.45, 7) is 6.41. The van der Waals surface area contributed by atoms with Gasteiger partial charge in [-0.3, -0.25) is 4.90 Å². The molecule has 2 saturated heterocycles. The lowest BCUT2D eigenvalue weighted by molar-refractivity contribution is 0.0620. The average molecular weight is 318 g/mol. The second-order valence-electron chi connectivity index (χ2n) is 6.83. The van der Waals surface area contributed by atoms with E-state index in [4.69, 9.17) is 9.47 Å². The summed E-state index contributed by atoms with van der Waals surface area (Å²) in [6.07, 6.45) is 5.39. The highest BCUT2D eigenvalue weighted by Gasteiger charge is 2.23. The van der Waals surface area contributed by atoms with Crippen molar-refractivity contribution >= 4 is 0 Å². The van der Waals surface area contributed by atoms with Crippen molar-refractivity contribution in [3.63, 3.8) is 0 Å². The normalized spacial score (nSPS) is 22.6. The van der Waals surface area contributed by atoms with Crippen LogP contribution in [0.1, 0.15) is 31.2 Å². The van der Waals surface area contributed by atoms with Gasteiger partial charge in [-0.15, -0.1) is 0 Å². The first-order chi connectivity index (χ1) is 11.3. The van der Waals surface area contributed by atoms with Gasteiger partial charge in [0.05, 0.1) is 13.2 Å². The zero-order valence-corrected chi connectivity index (χ0v) is 14.3. The Balaban J connectivity index is 1.65. The molecule has 4 nitrogen and oxygen atoms in total. The van der Waals surface area contributed by atoms with E-state index >= 15 is 0 Å². The van der Waals surface area contributed by atoms with E-state index in [1.54, 1.807) is 7.11 Å². The summed E-state index contributed by atoms with van der Waals surface area (Å²) >= 11 is 0. The van der Waals surface area contributed by atoms with Gasteiger partial charge in [0.2, 0.25) is 0 Å². The Bertz CT molecular complexity index is 468. The van der Waals surface area contributed by atoms with Crippen LogP contribution in [0.5, 0.6) is 5.75 Å². The molecule has 0 aromatic heterocycles. The molecular formula is C19H30N2O2. The highest BCUT2D eigenvalue weighted by Crippen LogP contribution is 2.23. The average Bonchev–Trinajstić information content (AvgIpc) is 3.09. The van der Waals surface area contributed by atoms with Crippen molar-refractivity contribution in [1.82, 2.24) is 10.2 Å². The van der Waals surface area contributed by atoms with Gasteiger partial charge in [-0.1, -0.05) is 18.2 Å². The molecule has 2 fully saturated rings. The number of ether oxygens (including phenoxy) is 2. The minimum Gasteiger partial charge on any atom is -0.496 e. The van der Waals surface area contributed by atoms with E-state index in [0.717, 1.165) is 44.5 Å². The zero-order chi connectivity index (χ0) is 15.9. The van der Waals surface area contributed by atoms with Crippen LogP contribution in [-0.2, 0) is 11.3 Å². The molecule has 0 radical (unpaired) electrons. The Hall–Kier alpha value is -1.10. The quantitative estimate of drug-likeness (QED) is 0.838. The Morgan fingerprint density at radius 2 is 2.00 bits per heavy atom. The number of methoxy groups -OCH3 is 1. The molecule has 0 amide bonds. The van der Waals surface area contributed by atoms with Crippen LogP contribution < -0.4 is 10.1 Å². The van der Waals surface area contributed by atoms with Crippen molar-refractivity contribution in [1.29, 1.82) is 0 Å². The maximum atomic E-state index is 5.88. The molecule has 1 N–H and O–H groups in total. The lowest BCUT2D eigenvalue weighted by atomic mass is 9.97. The third-order valence-electron chi connectivity index (χ3n) is 5.05. The van der Waals surface area contributed by atoms with E-state index in [1.165, 1.54) is 37.8 Å². The molecule has 0 aliphatic carbocycles. The number of para-hydroxylation sites is 1. The van der Waals surface area contributed by atoms with Gasteiger partial charge in [0, 0.05) is 31.8 Å². The van der Waals surface area contributed by atoms with Gasteiger partial charge in [-0.2, -0.15) is 0 Å². The third-order valence-corrected chi connectivity index (χ3v) is 5.05. The fraction of sp³-hybridized carbons (Fsp3) is 0.684. The van der Waals surface area contributed by atoms with Crippen LogP contribution >= 0.6 is 0 Å². The second-order valence-corrected chi connectivity index (χ2v) is 6.83. The number of benzene rings is 1. The van der Waals surface area contributed by atoms with Crippen LogP contribution in [0, 0.1) is 5.92 Å². The van der Waals surface area contributed by atoms with Crippen molar-refractivity contribution in [3.8, 4) is 5.75 Å². The molecular weight excluding hydrogens is 288 g/mol. The monoisotopic (exact) mass is 318 g/mol. The Morgan fingerprint density at radius 3 is 2.74 bits per heavy atom. The van der Waals surface area contributed by atoms with Crippen LogP contribution in [0.4, 0.5) is 0 Å². The highest BCUT2D eigenvalue weighted by molar-refractivity contribution is 5.33. The molecule has 2 aliphatic rings. The van der Waals surface area contributed by atoms with Crippen molar-refractivity contribution in [2.24, 2.45) is 5.92 Å². The van der Waals surface area contributed by atoms with E-state index in [2.05, 4.69) is 28.4 Å². The van der Waals surface area contributed by atoms with Gasteiger partial charge < -0.3 is 14.8 Å². The van der Waals surface area contributed by atoms with Crippen molar-refractivity contribution < 1.29 is 9.47 Å². The predicted octanol–water partition coefficient (Wildman–Crippen LogP) is 2.68. The van der Waals surface area contributed by atoms with E-state index in [-0.39, 0.29) is 0 Å². The Morgan fingerprint density at radius 1 is 1.17 bits per heavy atom. The summed E-state index contributed by atoms with van der Waals surface area (Å²) in [4.78, 5) is 2.59. The van der Waals surface area contributed by atoms with Gasteiger partial charge in [-0.25, -0.2) is 0 Å². The molecule has 23 heavy (non-hydrogen) atoms. The molecule has 4 heteroatoms. The van der Waals surface area contributed by atoms with E-state index in [1.807, 2.05) is 6.07 Å². The first kappa shape index (κ1) is 16.7. The standard InChI is InChI=1S/C19H30N2O2/c1-22-19-7-3-2-5-17(19)14-21(15-18-6-4-12-23-18)13-16-8-10-20-11-9-16/h2-3,5,7,16,18,20H,4,6,8-15H2,1H3. The van der Waals surface area contributed by atoms with Crippen molar-refractivity contribution in [2.45, 2.75) is 38.3 Å². The zero-order valence-electron chi connectivity index (χ0n) is 14.3. The minimum atomic E-state index is 0.409. The summed E-state index contributed by atoms with van der Waals surface area (Å²) < 4.78 is 11.4. The predicted molar refractivity (Wildman–Crippen MR) is 92.8 cm³/mol. The first-order valence-corrected chi connectivity index (χ1v) is 9.01. The minimum absolute atomic E-state index is 0.409. The molecule has 0 saturated carbocycles. The summed E-state index contributed by atoms with van der Waals surface area (Å²) in [7, 11) is 1.76. The van der Waals surface area contributed by atoms with Crippen LogP contribution in [0.2, 0.25) is 0 Å². The van der Waals surface area contributed by atoms with Crippen LogP contribution in [0.25, 0.3) is 0 Å². The molecule has 1 unspecified atom stereocenters. The lowest BCUT2D eigenvalue weighted by Gasteiger charge is -2.32. The summed E-state index contributed by atoms with van der Waals surface area (Å²) in [5.74, 6) is 1.79. The summed E-state index contributed by atoms with van der Waals surface area (Å²) in [5, 5.41) is 3.47. The molecule has 2 heterocycles. The topological polar surface area (TPSA) is 33.7 Å². The smallest absolute Gasteiger partial charge is 0.123 e. The number of hydrogen-bond acceptors (Lipinski definition) is 4. The number of nitrogens with zero attached hydrogens (tertiary/aromatic N) is 1. The lowest BCUT2D eigenvalue weighted by Crippen LogP contribution is -2.39. The van der Waals surface area contributed by atoms with Gasteiger partial charge in [0.15, 0.2) is 0 Å². The highest BCUT2D eigenvalue weighted by atomic mass is 16.5. The molecule has 0 bridgehead atoms. The van der Waals surface area contributed by atoms with Gasteiger partial charge in [-0.05, 0) is 50.8 Å². The van der Waals surface area contributed by atoms with Gasteiger partial charge in [0.25, 0.3) is 0 Å². The first-order valence-electron chi connectivity index (χ1n) is 9.01. The molecule has 2 aliphatic heterocycles. The Labute approximate surface area is 140 Å². The van der Waals surface area contributed by atoms with E-state index < -0.39 is 0 Å². The molecule has 1 atom stereocenters. The molecule has 128 valence electrons. The van der Waals surface area contributed by atoms with Gasteiger partial charge >= 0.3 is 0 Å². The van der Waals surface area contributed by atoms with Crippen LogP contribution in [0.3, 0.4) is 0 Å². The van der Waals surface area contributed by atoms with Crippen LogP contribution in [0.15, 0.2) is 24.3 Å². The fourth-order valence-electron chi connectivity index (χ4n) is 3.78. The summed E-state index contributed by atoms with van der Waals surface area (Å²) in [6, 6.07) is 8.39. The molecule has 0 spiro atoms. The molecule has 3 rings (SSSR count). The number of piperidine rings is 1. The SMILES string of the molecule is COc1ccccc1CN(CC1CCNCC1)CC1CCCO1. The largest absolute Gasteiger partial charge is 0.496 e. The maximum Gasteiger partial charge on any atom is 0.123 e. The van der Waals surface area contributed by atoms with Crippen molar-refractivity contribution in [3.05, 3.63) is 29.8 Å². The van der Waals surface area contributed by atoms with E-state index in [9.17, 15) is 0 Å². The third kappa shape index (κ3) is 4.93. The molecule has 1 aromatic carbocycles. The number of nitrogens with one attached hydrogen (secondary N) is 1. The van der Waals surface area contributed by atoms with Crippen molar-refractivity contribution in [2.75, 3.05) is 39.9 Å². The van der Waals surface area contributed by atoms with Crippen LogP contribution in [-0.4, -0.2) is 50.9 Å². The maximum absolute atomic E-state index is 5.88. The number of rotatable bonds is 7. The second kappa shape index (κ2) is 8.67. The molecule has 1 aromatic rings. The number of hydrogen-bond donors (Lipinski definition) is 1. The van der Waals surface area contributed by atoms with E-state index in [0.29, 0.717) is 6.10 Å². The Kier molecular flexibility index (Phi) is 6.31. The van der Waals surface area contributed by atoms with Gasteiger partial charge in [0.1, 0.15) is 5.75 Å².